The highest BCUT2D eigenvalue weighted by atomic mass is 16.3. The van der Waals surface area contributed by atoms with Crippen LogP contribution in [0, 0.1) is 0 Å². The normalized spacial score (nSPS) is 19.4. The van der Waals surface area contributed by atoms with Crippen molar-refractivity contribution >= 4 is 35.0 Å². The monoisotopic (exact) mass is 409 g/mol. The molecule has 30 heavy (non-hydrogen) atoms. The first-order chi connectivity index (χ1) is 14.5. The van der Waals surface area contributed by atoms with Crippen LogP contribution >= 0.6 is 0 Å². The van der Waals surface area contributed by atoms with Crippen molar-refractivity contribution < 1.29 is 23.6 Å². The van der Waals surface area contributed by atoms with Crippen LogP contribution in [0.25, 0.3) is 0 Å². The SMILES string of the molecule is CC(=O)Nc1ccc(N2C(=O)CC(N(C(=O)c3ccco3)C3CCCC3)C2=O)cc1. The second kappa shape index (κ2) is 8.14. The van der Waals surface area contributed by atoms with Crippen molar-refractivity contribution in [2.45, 2.75) is 51.1 Å². The molecule has 4 amide bonds. The fourth-order valence-electron chi connectivity index (χ4n) is 4.27. The van der Waals surface area contributed by atoms with Gasteiger partial charge in [-0.15, -0.1) is 0 Å². The number of rotatable bonds is 5. The van der Waals surface area contributed by atoms with E-state index >= 15 is 0 Å². The number of carbonyl (C=O) groups excluding carboxylic acids is 4. The number of nitrogens with one attached hydrogen (secondary N) is 1. The Hall–Kier alpha value is -3.42. The summed E-state index contributed by atoms with van der Waals surface area (Å²) in [6, 6.07) is 8.74. The lowest BCUT2D eigenvalue weighted by molar-refractivity contribution is -0.123. The first-order valence-corrected chi connectivity index (χ1v) is 10.1. The predicted molar refractivity (Wildman–Crippen MR) is 109 cm³/mol. The summed E-state index contributed by atoms with van der Waals surface area (Å²) >= 11 is 0. The Morgan fingerprint density at radius 1 is 1.10 bits per heavy atom. The van der Waals surface area contributed by atoms with Crippen LogP contribution in [0.2, 0.25) is 0 Å². The molecule has 1 aromatic heterocycles. The highest BCUT2D eigenvalue weighted by Crippen LogP contribution is 2.33. The molecule has 0 bridgehead atoms. The van der Waals surface area contributed by atoms with E-state index in [1.807, 2.05) is 0 Å². The Balaban J connectivity index is 1.60. The zero-order chi connectivity index (χ0) is 21.3. The van der Waals surface area contributed by atoms with Gasteiger partial charge in [-0.05, 0) is 49.2 Å². The van der Waals surface area contributed by atoms with E-state index in [0.717, 1.165) is 30.6 Å². The van der Waals surface area contributed by atoms with E-state index in [1.165, 1.54) is 13.2 Å². The number of hydrogen-bond donors (Lipinski definition) is 1. The summed E-state index contributed by atoms with van der Waals surface area (Å²) < 4.78 is 5.28. The Morgan fingerprint density at radius 3 is 2.40 bits per heavy atom. The summed E-state index contributed by atoms with van der Waals surface area (Å²) in [4.78, 5) is 53.0. The van der Waals surface area contributed by atoms with E-state index in [-0.39, 0.29) is 35.9 Å². The lowest BCUT2D eigenvalue weighted by Gasteiger charge is -2.32. The van der Waals surface area contributed by atoms with Crippen LogP contribution < -0.4 is 10.2 Å². The Labute approximate surface area is 173 Å². The Morgan fingerprint density at radius 2 is 1.80 bits per heavy atom. The average molecular weight is 409 g/mol. The molecule has 1 N–H and O–H groups in total. The van der Waals surface area contributed by atoms with Gasteiger partial charge in [0.05, 0.1) is 18.4 Å². The molecule has 1 aliphatic carbocycles. The minimum atomic E-state index is -0.853. The van der Waals surface area contributed by atoms with Crippen LogP contribution in [0.5, 0.6) is 0 Å². The van der Waals surface area contributed by atoms with Gasteiger partial charge in [0.1, 0.15) is 6.04 Å². The maximum Gasteiger partial charge on any atom is 0.290 e. The maximum absolute atomic E-state index is 13.3. The maximum atomic E-state index is 13.3. The topological polar surface area (TPSA) is 99.9 Å². The Bertz CT molecular complexity index is 961. The van der Waals surface area contributed by atoms with Crippen LogP contribution in [0.1, 0.15) is 49.6 Å². The summed E-state index contributed by atoms with van der Waals surface area (Å²) in [6.45, 7) is 1.40. The molecule has 1 unspecified atom stereocenters. The molecule has 8 heteroatoms. The summed E-state index contributed by atoms with van der Waals surface area (Å²) in [5.41, 5.74) is 0.987. The highest BCUT2D eigenvalue weighted by molar-refractivity contribution is 6.23. The molecule has 2 aliphatic rings. The lowest BCUT2D eigenvalue weighted by Crippen LogP contribution is -2.50. The van der Waals surface area contributed by atoms with Gasteiger partial charge >= 0.3 is 0 Å². The first-order valence-electron chi connectivity index (χ1n) is 10.1. The summed E-state index contributed by atoms with van der Waals surface area (Å²) in [7, 11) is 0. The van der Waals surface area contributed by atoms with Crippen molar-refractivity contribution in [3.05, 3.63) is 48.4 Å². The number of anilines is 2. The van der Waals surface area contributed by atoms with E-state index in [0.29, 0.717) is 11.4 Å². The number of benzene rings is 1. The number of furan rings is 1. The van der Waals surface area contributed by atoms with E-state index in [9.17, 15) is 19.2 Å². The molecule has 0 radical (unpaired) electrons. The number of imide groups is 1. The first kappa shape index (κ1) is 19.9. The predicted octanol–water partition coefficient (Wildman–Crippen LogP) is 2.95. The van der Waals surface area contributed by atoms with Crippen LogP contribution in [0.4, 0.5) is 11.4 Å². The van der Waals surface area contributed by atoms with Gasteiger partial charge in [-0.25, -0.2) is 4.90 Å². The van der Waals surface area contributed by atoms with Gasteiger partial charge in [0.25, 0.3) is 11.8 Å². The van der Waals surface area contributed by atoms with Gasteiger partial charge in [0.2, 0.25) is 11.8 Å². The van der Waals surface area contributed by atoms with Crippen LogP contribution in [-0.4, -0.2) is 40.6 Å². The minimum absolute atomic E-state index is 0.0603. The van der Waals surface area contributed by atoms with Gasteiger partial charge in [0, 0.05) is 18.7 Å². The largest absolute Gasteiger partial charge is 0.459 e. The minimum Gasteiger partial charge on any atom is -0.459 e. The van der Waals surface area contributed by atoms with Crippen LogP contribution in [0.15, 0.2) is 47.1 Å². The molecule has 4 rings (SSSR count). The van der Waals surface area contributed by atoms with Gasteiger partial charge in [-0.1, -0.05) is 12.8 Å². The molecule has 1 saturated carbocycles. The fourth-order valence-corrected chi connectivity index (χ4v) is 4.27. The lowest BCUT2D eigenvalue weighted by atomic mass is 10.1. The zero-order valence-electron chi connectivity index (χ0n) is 16.7. The molecule has 2 heterocycles. The van der Waals surface area contributed by atoms with Gasteiger partial charge in [-0.3, -0.25) is 19.2 Å². The average Bonchev–Trinajstić information content (AvgIpc) is 3.46. The second-order valence-electron chi connectivity index (χ2n) is 7.64. The molecule has 1 saturated heterocycles. The molecule has 1 aromatic carbocycles. The summed E-state index contributed by atoms with van der Waals surface area (Å²) in [6.07, 6.45) is 4.93. The number of amides is 4. The van der Waals surface area contributed by atoms with Crippen LogP contribution in [0.3, 0.4) is 0 Å². The zero-order valence-corrected chi connectivity index (χ0v) is 16.7. The number of carbonyl (C=O) groups is 4. The number of hydrogen-bond acceptors (Lipinski definition) is 5. The van der Waals surface area contributed by atoms with Crippen molar-refractivity contribution in [2.75, 3.05) is 10.2 Å². The van der Waals surface area contributed by atoms with Crippen molar-refractivity contribution in [3.63, 3.8) is 0 Å². The fraction of sp³-hybridized carbons (Fsp3) is 0.364. The van der Waals surface area contributed by atoms with Crippen molar-refractivity contribution in [3.8, 4) is 0 Å². The molecular weight excluding hydrogens is 386 g/mol. The molecule has 2 aromatic rings. The molecule has 1 atom stereocenters. The Kier molecular flexibility index (Phi) is 5.39. The third kappa shape index (κ3) is 3.72. The smallest absolute Gasteiger partial charge is 0.290 e. The molecule has 156 valence electrons. The van der Waals surface area contributed by atoms with Crippen molar-refractivity contribution in [1.29, 1.82) is 0 Å². The standard InChI is InChI=1S/C22H23N3O5/c1-14(26)23-15-8-10-17(11-9-15)25-20(27)13-18(21(25)28)24(16-5-2-3-6-16)22(29)19-7-4-12-30-19/h4,7-12,16,18H,2-3,5-6,13H2,1H3,(H,23,26). The summed E-state index contributed by atoms with van der Waals surface area (Å²) in [5, 5.41) is 2.65. The third-order valence-electron chi connectivity index (χ3n) is 5.59. The van der Waals surface area contributed by atoms with E-state index in [2.05, 4.69) is 5.32 Å². The van der Waals surface area contributed by atoms with E-state index in [1.54, 1.807) is 41.3 Å². The molecule has 1 aliphatic heterocycles. The van der Waals surface area contributed by atoms with Crippen LogP contribution in [-0.2, 0) is 14.4 Å². The van der Waals surface area contributed by atoms with Gasteiger partial charge in [0.15, 0.2) is 5.76 Å². The van der Waals surface area contributed by atoms with Gasteiger partial charge < -0.3 is 14.6 Å². The summed E-state index contributed by atoms with van der Waals surface area (Å²) in [5.74, 6) is -1.17. The quantitative estimate of drug-likeness (QED) is 0.766. The van der Waals surface area contributed by atoms with Gasteiger partial charge in [-0.2, -0.15) is 0 Å². The molecule has 2 fully saturated rings. The van der Waals surface area contributed by atoms with E-state index in [4.69, 9.17) is 4.42 Å². The molecular formula is C22H23N3O5. The van der Waals surface area contributed by atoms with Crippen molar-refractivity contribution in [2.24, 2.45) is 0 Å². The van der Waals surface area contributed by atoms with Crippen molar-refractivity contribution in [1.82, 2.24) is 4.90 Å². The molecule has 8 nitrogen and oxygen atoms in total. The highest BCUT2D eigenvalue weighted by Gasteiger charge is 2.47. The molecule has 0 spiro atoms. The van der Waals surface area contributed by atoms with E-state index < -0.39 is 11.9 Å². The second-order valence-corrected chi connectivity index (χ2v) is 7.64. The number of nitrogens with zero attached hydrogens (tertiary/aromatic N) is 2. The third-order valence-corrected chi connectivity index (χ3v) is 5.59.